The van der Waals surface area contributed by atoms with Crippen LogP contribution in [0.25, 0.3) is 0 Å². The summed E-state index contributed by atoms with van der Waals surface area (Å²) < 4.78 is 14.0. The molecule has 21 heavy (non-hydrogen) atoms. The monoisotopic (exact) mass is 312 g/mol. The van der Waals surface area contributed by atoms with Crippen molar-refractivity contribution in [2.45, 2.75) is 31.6 Å². The zero-order valence-electron chi connectivity index (χ0n) is 12.1. The summed E-state index contributed by atoms with van der Waals surface area (Å²) in [5.74, 6) is -0.0858. The van der Waals surface area contributed by atoms with Crippen LogP contribution in [0.3, 0.4) is 0 Å². The van der Waals surface area contributed by atoms with Crippen LogP contribution in [0.1, 0.15) is 47.5 Å². The highest BCUT2D eigenvalue weighted by Crippen LogP contribution is 2.27. The second-order valence-electron chi connectivity index (χ2n) is 5.76. The first kappa shape index (κ1) is 16.2. The van der Waals surface area contributed by atoms with Crippen LogP contribution in [-0.2, 0) is 0 Å². The molecule has 0 radical (unpaired) electrons. The zero-order chi connectivity index (χ0) is 13.9. The van der Waals surface area contributed by atoms with Gasteiger partial charge in [0, 0.05) is 13.1 Å². The first-order chi connectivity index (χ1) is 9.75. The van der Waals surface area contributed by atoms with Gasteiger partial charge in [0.25, 0.3) is 5.91 Å². The third kappa shape index (κ3) is 3.55. The molecule has 1 aromatic rings. The molecule has 3 nitrogen and oxygen atoms in total. The number of likely N-dealkylation sites (tertiary alicyclic amines) is 1. The fourth-order valence-electron chi connectivity index (χ4n) is 3.21. The number of halogens is 2. The largest absolute Gasteiger partial charge is 0.339 e. The summed E-state index contributed by atoms with van der Waals surface area (Å²) in [4.78, 5) is 14.1. The minimum Gasteiger partial charge on any atom is -0.339 e. The quantitative estimate of drug-likeness (QED) is 0.910. The molecule has 1 N–H and O–H groups in total. The van der Waals surface area contributed by atoms with E-state index in [4.69, 9.17) is 0 Å². The lowest BCUT2D eigenvalue weighted by molar-refractivity contribution is 0.0788. The molecule has 0 aromatic heterocycles. The fourth-order valence-corrected chi connectivity index (χ4v) is 3.21. The number of carbonyl (C=O) groups excluding carboxylic acids is 1. The second kappa shape index (κ2) is 7.23. The molecule has 2 heterocycles. The lowest BCUT2D eigenvalue weighted by Gasteiger charge is -2.24. The van der Waals surface area contributed by atoms with Crippen LogP contribution in [-0.4, -0.2) is 37.0 Å². The molecule has 0 atom stereocenters. The summed E-state index contributed by atoms with van der Waals surface area (Å²) >= 11 is 0. The topological polar surface area (TPSA) is 32.3 Å². The third-order valence-corrected chi connectivity index (χ3v) is 4.42. The molecule has 0 aliphatic carbocycles. The molecule has 116 valence electrons. The van der Waals surface area contributed by atoms with Gasteiger partial charge in [0.05, 0.1) is 5.56 Å². The molecule has 2 saturated heterocycles. The van der Waals surface area contributed by atoms with Crippen molar-refractivity contribution in [2.24, 2.45) is 0 Å². The summed E-state index contributed by atoms with van der Waals surface area (Å²) in [6.45, 7) is 3.51. The summed E-state index contributed by atoms with van der Waals surface area (Å²) in [6.07, 6.45) is 4.18. The summed E-state index contributed by atoms with van der Waals surface area (Å²) in [6, 6.07) is 5.08. The number of benzene rings is 1. The smallest absolute Gasteiger partial charge is 0.256 e. The molecule has 2 aliphatic heterocycles. The minimum atomic E-state index is -0.389. The zero-order valence-corrected chi connectivity index (χ0v) is 12.9. The van der Waals surface area contributed by atoms with Crippen molar-refractivity contribution in [1.29, 1.82) is 0 Å². The summed E-state index contributed by atoms with van der Waals surface area (Å²) in [7, 11) is 0. The first-order valence-electron chi connectivity index (χ1n) is 7.55. The number of hydrogen-bond donors (Lipinski definition) is 1. The van der Waals surface area contributed by atoms with Crippen LogP contribution in [0, 0.1) is 5.82 Å². The van der Waals surface area contributed by atoms with Gasteiger partial charge in [-0.05, 0) is 62.4 Å². The van der Waals surface area contributed by atoms with Gasteiger partial charge in [-0.25, -0.2) is 4.39 Å². The lowest BCUT2D eigenvalue weighted by Crippen LogP contribution is -2.29. The predicted molar refractivity (Wildman–Crippen MR) is 83.6 cm³/mol. The molecule has 0 bridgehead atoms. The van der Waals surface area contributed by atoms with E-state index in [1.54, 1.807) is 11.0 Å². The van der Waals surface area contributed by atoms with E-state index in [1.165, 1.54) is 6.07 Å². The van der Waals surface area contributed by atoms with Gasteiger partial charge < -0.3 is 10.2 Å². The number of nitrogens with one attached hydrogen (secondary N) is 1. The first-order valence-corrected chi connectivity index (χ1v) is 7.55. The van der Waals surface area contributed by atoms with Gasteiger partial charge >= 0.3 is 0 Å². The maximum atomic E-state index is 14.0. The second-order valence-corrected chi connectivity index (χ2v) is 5.76. The van der Waals surface area contributed by atoms with Crippen molar-refractivity contribution in [3.8, 4) is 0 Å². The van der Waals surface area contributed by atoms with Crippen molar-refractivity contribution in [3.05, 3.63) is 35.1 Å². The SMILES string of the molecule is Cl.O=C(c1cc(C2CCNCC2)ccc1F)N1CCCC1. The van der Waals surface area contributed by atoms with E-state index in [2.05, 4.69) is 5.32 Å². The average molecular weight is 313 g/mol. The predicted octanol–water partition coefficient (Wildman–Crippen LogP) is 2.95. The molecule has 3 rings (SSSR count). The van der Waals surface area contributed by atoms with E-state index in [9.17, 15) is 9.18 Å². The Kier molecular flexibility index (Phi) is 5.59. The van der Waals surface area contributed by atoms with Crippen molar-refractivity contribution < 1.29 is 9.18 Å². The fraction of sp³-hybridized carbons (Fsp3) is 0.562. The van der Waals surface area contributed by atoms with Gasteiger partial charge in [-0.1, -0.05) is 6.07 Å². The molecule has 0 spiro atoms. The van der Waals surface area contributed by atoms with Crippen LogP contribution in [0.15, 0.2) is 18.2 Å². The Morgan fingerprint density at radius 2 is 1.86 bits per heavy atom. The Morgan fingerprint density at radius 3 is 2.52 bits per heavy atom. The number of hydrogen-bond acceptors (Lipinski definition) is 2. The average Bonchev–Trinajstić information content (AvgIpc) is 3.02. The van der Waals surface area contributed by atoms with E-state index in [0.29, 0.717) is 5.92 Å². The van der Waals surface area contributed by atoms with Gasteiger partial charge in [0.15, 0.2) is 0 Å². The van der Waals surface area contributed by atoms with E-state index < -0.39 is 0 Å². The van der Waals surface area contributed by atoms with Crippen LogP contribution < -0.4 is 5.32 Å². The summed E-state index contributed by atoms with van der Waals surface area (Å²) in [5, 5.41) is 3.33. The van der Waals surface area contributed by atoms with Gasteiger partial charge in [-0.2, -0.15) is 0 Å². The lowest BCUT2D eigenvalue weighted by atomic mass is 9.89. The maximum Gasteiger partial charge on any atom is 0.256 e. The standard InChI is InChI=1S/C16H21FN2O.ClH/c17-15-4-3-13(12-5-7-18-8-6-12)11-14(15)16(20)19-9-1-2-10-19;/h3-4,11-12,18H,1-2,5-10H2;1H. The molecular formula is C16H22ClFN2O. The van der Waals surface area contributed by atoms with Gasteiger partial charge in [0.2, 0.25) is 0 Å². The van der Waals surface area contributed by atoms with Crippen LogP contribution in [0.4, 0.5) is 4.39 Å². The Bertz CT molecular complexity index is 497. The van der Waals surface area contributed by atoms with Gasteiger partial charge in [0.1, 0.15) is 5.82 Å². The Hall–Kier alpha value is -1.13. The number of rotatable bonds is 2. The van der Waals surface area contributed by atoms with Crippen LogP contribution in [0.5, 0.6) is 0 Å². The van der Waals surface area contributed by atoms with E-state index in [-0.39, 0.29) is 29.7 Å². The van der Waals surface area contributed by atoms with E-state index >= 15 is 0 Å². The molecule has 0 unspecified atom stereocenters. The van der Waals surface area contributed by atoms with Crippen LogP contribution in [0.2, 0.25) is 0 Å². The molecule has 2 aliphatic rings. The maximum absolute atomic E-state index is 14.0. The molecular weight excluding hydrogens is 291 g/mol. The van der Waals surface area contributed by atoms with Gasteiger partial charge in [-0.15, -0.1) is 12.4 Å². The van der Waals surface area contributed by atoms with Crippen molar-refractivity contribution in [1.82, 2.24) is 10.2 Å². The molecule has 0 saturated carbocycles. The van der Waals surface area contributed by atoms with E-state index in [1.807, 2.05) is 6.07 Å². The third-order valence-electron chi connectivity index (χ3n) is 4.42. The Morgan fingerprint density at radius 1 is 1.19 bits per heavy atom. The van der Waals surface area contributed by atoms with Gasteiger partial charge in [-0.3, -0.25) is 4.79 Å². The minimum absolute atomic E-state index is 0. The van der Waals surface area contributed by atoms with Crippen molar-refractivity contribution in [2.75, 3.05) is 26.2 Å². The van der Waals surface area contributed by atoms with Crippen molar-refractivity contribution >= 4 is 18.3 Å². The highest BCUT2D eigenvalue weighted by Gasteiger charge is 2.24. The number of nitrogens with zero attached hydrogens (tertiary/aromatic N) is 1. The Labute approximate surface area is 131 Å². The molecule has 1 amide bonds. The van der Waals surface area contributed by atoms with E-state index in [0.717, 1.165) is 57.4 Å². The highest BCUT2D eigenvalue weighted by atomic mass is 35.5. The highest BCUT2D eigenvalue weighted by molar-refractivity contribution is 5.94. The number of amides is 1. The van der Waals surface area contributed by atoms with Crippen LogP contribution >= 0.6 is 12.4 Å². The molecule has 5 heteroatoms. The number of piperidine rings is 1. The summed E-state index contributed by atoms with van der Waals surface area (Å²) in [5.41, 5.74) is 1.36. The molecule has 1 aromatic carbocycles. The Balaban J connectivity index is 0.00000161. The normalized spacial score (nSPS) is 19.4. The number of carbonyl (C=O) groups is 1. The van der Waals surface area contributed by atoms with Crippen molar-refractivity contribution in [3.63, 3.8) is 0 Å². The molecule has 2 fully saturated rings.